The van der Waals surface area contributed by atoms with E-state index in [0.29, 0.717) is 89.5 Å². The van der Waals surface area contributed by atoms with E-state index in [1.807, 2.05) is 18.2 Å². The van der Waals surface area contributed by atoms with Gasteiger partial charge in [-0.25, -0.2) is 0 Å². The summed E-state index contributed by atoms with van der Waals surface area (Å²) in [7, 11) is 0. The first kappa shape index (κ1) is 50.8. The molecule has 5 aromatic rings. The van der Waals surface area contributed by atoms with Gasteiger partial charge in [-0.05, 0) is 127 Å². The summed E-state index contributed by atoms with van der Waals surface area (Å²) in [6.45, 7) is 4.05. The summed E-state index contributed by atoms with van der Waals surface area (Å²) in [5.41, 5.74) is 3.81. The minimum atomic E-state index is -1.67. The molecule has 5 aromatic carbocycles. The zero-order valence-corrected chi connectivity index (χ0v) is 40.5. The minimum Gasteiger partial charge on any atom is -0.459 e. The maximum atomic E-state index is 15.6. The molecular weight excluding hydrogens is 951 g/mol. The molecule has 2 aliphatic heterocycles. The Morgan fingerprint density at radius 2 is 1.57 bits per heavy atom. The molecule has 4 aliphatic rings. The van der Waals surface area contributed by atoms with E-state index in [1.54, 1.807) is 77.7 Å². The number of hydrogen-bond acceptors (Lipinski definition) is 15. The van der Waals surface area contributed by atoms with Crippen LogP contribution in [-0.2, 0) is 22.7 Å². The van der Waals surface area contributed by atoms with Crippen LogP contribution in [0.15, 0.2) is 139 Å². The van der Waals surface area contributed by atoms with Gasteiger partial charge in [0.1, 0.15) is 29.9 Å². The number of carbonyl (C=O) groups excluding carboxylic acids is 1. The van der Waals surface area contributed by atoms with Crippen molar-refractivity contribution in [3.8, 4) is 34.8 Å². The topological polar surface area (TPSA) is 239 Å². The van der Waals surface area contributed by atoms with Crippen LogP contribution in [-0.4, -0.2) is 75.0 Å². The Balaban J connectivity index is 1.26. The van der Waals surface area contributed by atoms with Gasteiger partial charge in [-0.2, -0.15) is 5.26 Å². The van der Waals surface area contributed by atoms with Crippen molar-refractivity contribution < 1.29 is 53.4 Å². The monoisotopic (exact) mass is 1010 g/mol. The van der Waals surface area contributed by atoms with Crippen molar-refractivity contribution in [2.45, 2.75) is 75.8 Å². The van der Waals surface area contributed by atoms with Crippen LogP contribution in [0.4, 0.5) is 11.4 Å². The second-order valence-electron chi connectivity index (χ2n) is 18.6. The fraction of sp³-hybridized carbons (Fsp3) is 0.339. The first-order valence-electron chi connectivity index (χ1n) is 24.6. The van der Waals surface area contributed by atoms with Crippen LogP contribution in [0.5, 0.6) is 28.7 Å². The Bertz CT molecular complexity index is 2990. The molecule has 1 amide bonds. The highest BCUT2D eigenvalue weighted by atomic mass is 16.7. The van der Waals surface area contributed by atoms with Crippen molar-refractivity contribution in [2.24, 2.45) is 22.9 Å². The van der Waals surface area contributed by atoms with Crippen LogP contribution in [0.1, 0.15) is 83.5 Å². The molecule has 0 aromatic heterocycles. The van der Waals surface area contributed by atoms with Gasteiger partial charge in [0.05, 0.1) is 45.8 Å². The summed E-state index contributed by atoms with van der Waals surface area (Å²) < 4.78 is 32.5. The molecule has 2 heterocycles. The zero-order chi connectivity index (χ0) is 51.8. The predicted octanol–water partition coefficient (Wildman–Crippen LogP) is 10.1. The Kier molecular flexibility index (Phi) is 15.6. The molecular formula is C56H55N5O13. The van der Waals surface area contributed by atoms with Crippen molar-refractivity contribution >= 4 is 23.0 Å². The lowest BCUT2D eigenvalue weighted by atomic mass is 9.55. The number of nitro benzene ring substituents is 2. The molecule has 1 saturated carbocycles. The molecule has 2 N–H and O–H groups in total. The summed E-state index contributed by atoms with van der Waals surface area (Å²) in [5, 5.41) is 58.1. The highest BCUT2D eigenvalue weighted by Crippen LogP contribution is 2.62. The summed E-state index contributed by atoms with van der Waals surface area (Å²) in [4.78, 5) is 45.8. The number of amides is 1. The summed E-state index contributed by atoms with van der Waals surface area (Å²) in [6.07, 6.45) is 7.69. The van der Waals surface area contributed by atoms with E-state index < -0.39 is 39.4 Å². The molecule has 0 saturated heterocycles. The number of fused-ring (bicyclic) bond motifs is 3. The van der Waals surface area contributed by atoms with Gasteiger partial charge in [-0.1, -0.05) is 42.3 Å². The molecule has 74 heavy (non-hydrogen) atoms. The maximum Gasteiger partial charge on any atom is 0.273 e. The average molecular weight is 1010 g/mol. The number of hydrogen-bond donors (Lipinski definition) is 2. The number of nitriles is 1. The Morgan fingerprint density at radius 3 is 2.30 bits per heavy atom. The first-order chi connectivity index (χ1) is 36.0. The minimum absolute atomic E-state index is 0.00252. The number of nitrogens with zero attached hydrogens (tertiary/aromatic N) is 5. The quantitative estimate of drug-likeness (QED) is 0.0284. The van der Waals surface area contributed by atoms with E-state index in [-0.39, 0.29) is 75.1 Å². The number of aliphatic hydroxyl groups is 2. The second kappa shape index (κ2) is 22.8. The Morgan fingerprint density at radius 1 is 0.851 bits per heavy atom. The molecule has 0 spiro atoms. The number of allylic oxidation sites excluding steroid dienone is 1. The first-order valence-corrected chi connectivity index (χ1v) is 24.6. The number of carbonyl (C=O) groups is 1. The van der Waals surface area contributed by atoms with Crippen molar-refractivity contribution in [3.05, 3.63) is 182 Å². The van der Waals surface area contributed by atoms with E-state index in [9.17, 15) is 35.7 Å². The summed E-state index contributed by atoms with van der Waals surface area (Å²) in [6, 6.07) is 30.3. The number of aliphatic hydroxyl groups excluding tert-OH is 2. The van der Waals surface area contributed by atoms with Crippen molar-refractivity contribution in [1.29, 1.82) is 5.26 Å². The molecule has 1 fully saturated rings. The van der Waals surface area contributed by atoms with E-state index >= 15 is 4.79 Å². The van der Waals surface area contributed by atoms with Crippen molar-refractivity contribution in [3.63, 3.8) is 0 Å². The standard InChI is InChI=1S/C56H55N5O13/c1-2-26-71-56-52(59(55(64)39-17-12-36(32-57)13-18-39)33-38-16-22-50-51(27-38)70-35-69-50)31-48(58-72-34-37-14-19-41(20-15-37)60(65)66)46-28-40(8-3-5-24-62)45(11-4-6-25-63)53(54(46)56)47-30-44(21-23-49(47)74-56)73-43-10-7-9-42(29-43)61(67)68/h2,7,9-10,12-23,27-30,40,45,52-54,62-63H,1,3-6,8,11,24-26,31,33-35H2. The van der Waals surface area contributed by atoms with Crippen LogP contribution in [0.25, 0.3) is 0 Å². The fourth-order valence-corrected chi connectivity index (χ4v) is 10.8. The van der Waals surface area contributed by atoms with Crippen LogP contribution in [0, 0.1) is 49.3 Å². The number of unbranched alkanes of at least 4 members (excludes halogenated alkanes) is 2. The largest absolute Gasteiger partial charge is 0.459 e. The SMILES string of the molecule is C=CCOC12Oc3ccc(Oc4cccc([N+](=O)[O-])c4)cc3C3C(CCCCO)C(CCCCO)C=C(C(=NOCc4ccc([N+](=O)[O-])cc4)CC1N(Cc1ccc4c(c1)OCO4)C(=O)c1ccc(C#N)cc1)C32. The molecule has 0 bridgehead atoms. The van der Waals surface area contributed by atoms with Crippen LogP contribution < -0.4 is 18.9 Å². The number of oxime groups is 1. The third-order valence-electron chi connectivity index (χ3n) is 14.1. The lowest BCUT2D eigenvalue weighted by Gasteiger charge is -2.60. The van der Waals surface area contributed by atoms with Crippen LogP contribution in [0.2, 0.25) is 0 Å². The number of nitro groups is 2. The summed E-state index contributed by atoms with van der Waals surface area (Å²) >= 11 is 0. The number of benzene rings is 5. The lowest BCUT2D eigenvalue weighted by Crippen LogP contribution is -2.70. The average Bonchev–Trinajstić information content (AvgIpc) is 3.92. The van der Waals surface area contributed by atoms with Gasteiger partial charge in [0.15, 0.2) is 11.5 Å². The Labute approximate surface area is 426 Å². The van der Waals surface area contributed by atoms with Gasteiger partial charge >= 0.3 is 0 Å². The second-order valence-corrected chi connectivity index (χ2v) is 18.6. The van der Waals surface area contributed by atoms with E-state index in [4.69, 9.17) is 33.7 Å². The fourth-order valence-electron chi connectivity index (χ4n) is 10.8. The predicted molar refractivity (Wildman–Crippen MR) is 270 cm³/mol. The molecule has 9 rings (SSSR count). The van der Waals surface area contributed by atoms with Crippen LogP contribution in [0.3, 0.4) is 0 Å². The van der Waals surface area contributed by atoms with Gasteiger partial charge in [-0.3, -0.25) is 25.0 Å². The third-order valence-corrected chi connectivity index (χ3v) is 14.1. The highest BCUT2D eigenvalue weighted by Gasteiger charge is 2.65. The molecule has 6 atom stereocenters. The van der Waals surface area contributed by atoms with Gasteiger partial charge in [-0.15, -0.1) is 6.58 Å². The smallest absolute Gasteiger partial charge is 0.273 e. The summed E-state index contributed by atoms with van der Waals surface area (Å²) in [5.74, 6) is -1.32. The molecule has 18 nitrogen and oxygen atoms in total. The van der Waals surface area contributed by atoms with E-state index in [0.717, 1.165) is 11.1 Å². The molecule has 0 radical (unpaired) electrons. The zero-order valence-electron chi connectivity index (χ0n) is 40.5. The molecule has 2 aliphatic carbocycles. The van der Waals surface area contributed by atoms with Gasteiger partial charge in [0.25, 0.3) is 17.3 Å². The normalized spacial score (nSPS) is 21.5. The molecule has 18 heteroatoms. The number of rotatable bonds is 22. The molecule has 6 unspecified atom stereocenters. The van der Waals surface area contributed by atoms with Gasteiger partial charge in [0, 0.05) is 61.4 Å². The van der Waals surface area contributed by atoms with Crippen LogP contribution >= 0.6 is 0 Å². The van der Waals surface area contributed by atoms with Crippen molar-refractivity contribution in [2.75, 3.05) is 26.6 Å². The maximum absolute atomic E-state index is 15.6. The third kappa shape index (κ3) is 10.7. The highest BCUT2D eigenvalue weighted by molar-refractivity contribution is 6.03. The van der Waals surface area contributed by atoms with E-state index in [2.05, 4.69) is 18.7 Å². The van der Waals surface area contributed by atoms with E-state index in [1.165, 1.54) is 24.3 Å². The Hall–Kier alpha value is -8.11. The van der Waals surface area contributed by atoms with Gasteiger partial charge < -0.3 is 43.6 Å². The number of non-ortho nitro benzene ring substituents is 2. The lowest BCUT2D eigenvalue weighted by molar-refractivity contribution is -0.385. The van der Waals surface area contributed by atoms with Gasteiger partial charge in [0.2, 0.25) is 12.6 Å². The number of ether oxygens (including phenoxy) is 5. The van der Waals surface area contributed by atoms with Crippen molar-refractivity contribution in [1.82, 2.24) is 4.90 Å². The molecule has 382 valence electrons.